The van der Waals surface area contributed by atoms with E-state index in [4.69, 9.17) is 5.11 Å². The molecule has 5 heteroatoms. The maximum Gasteiger partial charge on any atom is 0.303 e. The quantitative estimate of drug-likeness (QED) is 0.312. The highest BCUT2D eigenvalue weighted by molar-refractivity contribution is 5.84. The number of aliphatic carboxylic acids is 1. The lowest BCUT2D eigenvalue weighted by Gasteiger charge is -2.23. The molecule has 0 bridgehead atoms. The van der Waals surface area contributed by atoms with Gasteiger partial charge in [0.05, 0.1) is 11.7 Å². The number of unbranched alkanes of at least 4 members (excludes halogenated alkanes) is 4. The van der Waals surface area contributed by atoms with Gasteiger partial charge >= 0.3 is 5.97 Å². The number of aliphatic hydroxyl groups is 2. The molecule has 0 amide bonds. The molecule has 1 aliphatic carbocycles. The van der Waals surface area contributed by atoms with Crippen LogP contribution in [0.5, 0.6) is 0 Å². The Labute approximate surface area is 163 Å². The molecule has 0 spiro atoms. The zero-order chi connectivity index (χ0) is 20.3. The summed E-state index contributed by atoms with van der Waals surface area (Å²) in [6.45, 7) is 5.81. The number of aliphatic hydroxyl groups excluding tert-OH is 1. The molecule has 0 radical (unpaired) electrons. The molecule has 1 aliphatic rings. The molecule has 0 aromatic heterocycles. The fourth-order valence-electron chi connectivity index (χ4n) is 3.79. The van der Waals surface area contributed by atoms with E-state index in [-0.39, 0.29) is 30.5 Å². The Hall–Kier alpha value is -1.46. The van der Waals surface area contributed by atoms with E-state index in [1.165, 1.54) is 0 Å². The monoisotopic (exact) mass is 380 g/mol. The van der Waals surface area contributed by atoms with Crippen molar-refractivity contribution in [3.05, 3.63) is 24.8 Å². The van der Waals surface area contributed by atoms with Crippen molar-refractivity contribution in [2.75, 3.05) is 0 Å². The Bertz CT molecular complexity index is 513. The van der Waals surface area contributed by atoms with Crippen LogP contribution in [0.3, 0.4) is 0 Å². The molecule has 0 saturated heterocycles. The minimum atomic E-state index is -0.931. The second-order valence-electron chi connectivity index (χ2n) is 7.81. The van der Waals surface area contributed by atoms with Gasteiger partial charge in [-0.15, -0.1) is 6.58 Å². The highest BCUT2D eigenvalue weighted by atomic mass is 16.4. The molecule has 1 saturated carbocycles. The Kier molecular flexibility index (Phi) is 10.6. The van der Waals surface area contributed by atoms with Crippen LogP contribution in [-0.2, 0) is 9.59 Å². The van der Waals surface area contributed by atoms with Crippen LogP contribution in [0.2, 0.25) is 0 Å². The molecule has 154 valence electrons. The van der Waals surface area contributed by atoms with Gasteiger partial charge in [-0.2, -0.15) is 0 Å². The van der Waals surface area contributed by atoms with Gasteiger partial charge in [0.25, 0.3) is 0 Å². The van der Waals surface area contributed by atoms with Gasteiger partial charge in [0, 0.05) is 24.7 Å². The Balaban J connectivity index is 2.51. The van der Waals surface area contributed by atoms with Crippen molar-refractivity contribution in [2.24, 2.45) is 11.8 Å². The molecular weight excluding hydrogens is 344 g/mol. The molecule has 0 aromatic rings. The van der Waals surface area contributed by atoms with E-state index in [0.29, 0.717) is 19.3 Å². The van der Waals surface area contributed by atoms with Crippen molar-refractivity contribution in [3.63, 3.8) is 0 Å². The van der Waals surface area contributed by atoms with Crippen molar-refractivity contribution < 1.29 is 24.9 Å². The summed E-state index contributed by atoms with van der Waals surface area (Å²) < 4.78 is 0. The van der Waals surface area contributed by atoms with Crippen LogP contribution in [0.15, 0.2) is 24.8 Å². The third-order valence-corrected chi connectivity index (χ3v) is 5.56. The summed E-state index contributed by atoms with van der Waals surface area (Å²) in [4.78, 5) is 22.7. The molecule has 1 rings (SSSR count). The van der Waals surface area contributed by atoms with E-state index in [2.05, 4.69) is 13.5 Å². The first-order valence-electron chi connectivity index (χ1n) is 10.3. The molecule has 5 nitrogen and oxygen atoms in total. The fourth-order valence-corrected chi connectivity index (χ4v) is 3.79. The lowest BCUT2D eigenvalue weighted by molar-refractivity contribution is -0.137. The number of rotatable bonds is 14. The van der Waals surface area contributed by atoms with E-state index in [0.717, 1.165) is 38.5 Å². The average Bonchev–Trinajstić information content (AvgIpc) is 2.89. The minimum Gasteiger partial charge on any atom is -0.481 e. The van der Waals surface area contributed by atoms with Crippen molar-refractivity contribution in [1.29, 1.82) is 0 Å². The zero-order valence-electron chi connectivity index (χ0n) is 16.6. The number of carboxylic acids is 1. The van der Waals surface area contributed by atoms with Crippen LogP contribution in [-0.4, -0.2) is 38.8 Å². The van der Waals surface area contributed by atoms with Crippen LogP contribution in [0.1, 0.15) is 77.6 Å². The number of carbonyl (C=O) groups excluding carboxylic acids is 1. The van der Waals surface area contributed by atoms with Gasteiger partial charge in [0.2, 0.25) is 0 Å². The number of carbonyl (C=O) groups is 2. The Morgan fingerprint density at radius 1 is 1.26 bits per heavy atom. The van der Waals surface area contributed by atoms with Crippen LogP contribution in [0.4, 0.5) is 0 Å². The van der Waals surface area contributed by atoms with Crippen LogP contribution in [0, 0.1) is 11.8 Å². The summed E-state index contributed by atoms with van der Waals surface area (Å²) in [6.07, 6.45) is 12.1. The van der Waals surface area contributed by atoms with E-state index in [1.807, 2.05) is 12.2 Å². The van der Waals surface area contributed by atoms with Gasteiger partial charge in [0.15, 0.2) is 0 Å². The topological polar surface area (TPSA) is 94.8 Å². The molecule has 4 atom stereocenters. The molecule has 3 N–H and O–H groups in total. The third kappa shape index (κ3) is 8.39. The SMILES string of the molecule is C=CC(O)(C/C=C/[C@H]1[C@H](O)CC(=O)[C@@H]1CCCCCCC(=O)O)CCCC. The van der Waals surface area contributed by atoms with Gasteiger partial charge in [-0.3, -0.25) is 9.59 Å². The van der Waals surface area contributed by atoms with E-state index in [1.54, 1.807) is 6.08 Å². The lowest BCUT2D eigenvalue weighted by atomic mass is 9.87. The van der Waals surface area contributed by atoms with Crippen LogP contribution in [0.25, 0.3) is 0 Å². The third-order valence-electron chi connectivity index (χ3n) is 5.56. The number of hydrogen-bond donors (Lipinski definition) is 3. The summed E-state index contributed by atoms with van der Waals surface area (Å²) in [5, 5.41) is 29.4. The van der Waals surface area contributed by atoms with Crippen molar-refractivity contribution >= 4 is 11.8 Å². The van der Waals surface area contributed by atoms with Gasteiger partial charge < -0.3 is 15.3 Å². The second-order valence-corrected chi connectivity index (χ2v) is 7.81. The maximum absolute atomic E-state index is 12.2. The number of hydrogen-bond acceptors (Lipinski definition) is 4. The molecule has 0 heterocycles. The summed E-state index contributed by atoms with van der Waals surface area (Å²) in [7, 11) is 0. The number of ketones is 1. The number of carboxylic acid groups (broad SMARTS) is 1. The summed E-state index contributed by atoms with van der Waals surface area (Å²) in [5.41, 5.74) is -0.931. The molecule has 0 aliphatic heterocycles. The van der Waals surface area contributed by atoms with Crippen molar-refractivity contribution in [1.82, 2.24) is 0 Å². The fraction of sp³-hybridized carbons (Fsp3) is 0.727. The van der Waals surface area contributed by atoms with Gasteiger partial charge in [-0.1, -0.05) is 57.3 Å². The standard InChI is InChI=1S/C22H36O5/c1-3-5-14-22(27,4-2)15-10-12-18-17(19(23)16-20(18)24)11-8-6-7-9-13-21(25)26/h4,10,12,17-18,20,24,27H,2-3,5-9,11,13-16H2,1H3,(H,25,26)/b12-10+/t17-,18-,20-,22?/m1/s1. The smallest absolute Gasteiger partial charge is 0.303 e. The normalized spacial score (nSPS) is 25.0. The van der Waals surface area contributed by atoms with Crippen molar-refractivity contribution in [2.45, 2.75) is 89.3 Å². The summed E-state index contributed by atoms with van der Waals surface area (Å²) in [5.74, 6) is -1.04. The summed E-state index contributed by atoms with van der Waals surface area (Å²) in [6, 6.07) is 0. The molecule has 1 fully saturated rings. The maximum atomic E-state index is 12.2. The zero-order valence-corrected chi connectivity index (χ0v) is 16.6. The van der Waals surface area contributed by atoms with E-state index < -0.39 is 17.7 Å². The second kappa shape index (κ2) is 12.1. The van der Waals surface area contributed by atoms with Gasteiger partial charge in [-0.05, 0) is 25.7 Å². The van der Waals surface area contributed by atoms with Crippen LogP contribution < -0.4 is 0 Å². The minimum absolute atomic E-state index is 0.104. The largest absolute Gasteiger partial charge is 0.481 e. The molecule has 0 aromatic carbocycles. The molecule has 1 unspecified atom stereocenters. The predicted octanol–water partition coefficient (Wildman–Crippen LogP) is 4.03. The first-order valence-corrected chi connectivity index (χ1v) is 10.3. The Morgan fingerprint density at radius 2 is 1.96 bits per heavy atom. The Morgan fingerprint density at radius 3 is 2.59 bits per heavy atom. The van der Waals surface area contributed by atoms with Crippen molar-refractivity contribution in [3.8, 4) is 0 Å². The van der Waals surface area contributed by atoms with Gasteiger partial charge in [-0.25, -0.2) is 0 Å². The first-order chi connectivity index (χ1) is 12.8. The van der Waals surface area contributed by atoms with Crippen LogP contribution >= 0.6 is 0 Å². The molecule has 27 heavy (non-hydrogen) atoms. The van der Waals surface area contributed by atoms with E-state index >= 15 is 0 Å². The average molecular weight is 381 g/mol. The number of Topliss-reactive ketones (excluding diaryl/α,β-unsaturated/α-hetero) is 1. The first kappa shape index (κ1) is 23.6. The molecular formula is C22H36O5. The predicted molar refractivity (Wildman–Crippen MR) is 106 cm³/mol. The summed E-state index contributed by atoms with van der Waals surface area (Å²) >= 11 is 0. The highest BCUT2D eigenvalue weighted by Gasteiger charge is 2.39. The highest BCUT2D eigenvalue weighted by Crippen LogP contribution is 2.34. The van der Waals surface area contributed by atoms with Gasteiger partial charge in [0.1, 0.15) is 5.78 Å². The lowest BCUT2D eigenvalue weighted by Crippen LogP contribution is -2.25. The van der Waals surface area contributed by atoms with E-state index in [9.17, 15) is 19.8 Å².